The van der Waals surface area contributed by atoms with Crippen molar-refractivity contribution in [3.8, 4) is 0 Å². The normalized spacial score (nSPS) is 11.6. The molecule has 3 nitrogen and oxygen atoms in total. The van der Waals surface area contributed by atoms with Gasteiger partial charge in [0.1, 0.15) is 5.76 Å². The van der Waals surface area contributed by atoms with E-state index in [0.717, 1.165) is 5.56 Å². The van der Waals surface area contributed by atoms with Gasteiger partial charge in [0.25, 0.3) is 0 Å². The van der Waals surface area contributed by atoms with Crippen LogP contribution in [-0.2, 0) is 14.3 Å². The van der Waals surface area contributed by atoms with Crippen LogP contribution in [0, 0.1) is 0 Å². The predicted octanol–water partition coefficient (Wildman–Crippen LogP) is 3.06. The highest BCUT2D eigenvalue weighted by Crippen LogP contribution is 2.17. The van der Waals surface area contributed by atoms with E-state index in [4.69, 9.17) is 16.3 Å². The van der Waals surface area contributed by atoms with E-state index in [9.17, 15) is 4.79 Å². The molecule has 0 heterocycles. The summed E-state index contributed by atoms with van der Waals surface area (Å²) in [6.07, 6.45) is 4.67. The van der Waals surface area contributed by atoms with Crippen LogP contribution in [0.1, 0.15) is 5.56 Å². The van der Waals surface area contributed by atoms with Crippen LogP contribution in [0.15, 0.2) is 42.2 Å². The summed E-state index contributed by atoms with van der Waals surface area (Å²) >= 11 is 5.98. The number of hydrogen-bond donors (Lipinski definition) is 0. The molecule has 0 N–H and O–H groups in total. The molecule has 0 saturated heterocycles. The molecule has 0 radical (unpaired) electrons. The molecule has 0 fully saturated rings. The molecule has 0 aromatic heterocycles. The Labute approximate surface area is 105 Å². The number of carbonyl (C=O) groups is 1. The summed E-state index contributed by atoms with van der Waals surface area (Å²) in [5.74, 6) is -0.0672. The average Bonchev–Trinajstić information content (AvgIpc) is 2.35. The third-order valence-electron chi connectivity index (χ3n) is 2.03. The molecule has 0 amide bonds. The fourth-order valence-electron chi connectivity index (χ4n) is 1.13. The summed E-state index contributed by atoms with van der Waals surface area (Å²) in [4.78, 5) is 11.0. The van der Waals surface area contributed by atoms with Crippen molar-refractivity contribution in [1.82, 2.24) is 0 Å². The molecule has 90 valence electrons. The highest BCUT2D eigenvalue weighted by molar-refractivity contribution is 6.32. The van der Waals surface area contributed by atoms with Gasteiger partial charge in [0.15, 0.2) is 0 Å². The summed E-state index contributed by atoms with van der Waals surface area (Å²) in [5.41, 5.74) is 0.849. The van der Waals surface area contributed by atoms with Crippen LogP contribution < -0.4 is 0 Å². The maximum atomic E-state index is 11.0. The molecule has 17 heavy (non-hydrogen) atoms. The number of hydrogen-bond acceptors (Lipinski definition) is 3. The molecule has 0 aliphatic carbocycles. The minimum Gasteiger partial charge on any atom is -0.496 e. The molecule has 0 bridgehead atoms. The Morgan fingerprint density at radius 1 is 1.24 bits per heavy atom. The lowest BCUT2D eigenvalue weighted by Gasteiger charge is -2.00. The van der Waals surface area contributed by atoms with Crippen LogP contribution in [0.4, 0.5) is 0 Å². The van der Waals surface area contributed by atoms with Gasteiger partial charge >= 0.3 is 5.97 Å². The van der Waals surface area contributed by atoms with Crippen LogP contribution in [-0.4, -0.2) is 20.2 Å². The summed E-state index contributed by atoms with van der Waals surface area (Å²) in [6, 6.07) is 7.38. The first-order valence-electron chi connectivity index (χ1n) is 4.93. The monoisotopic (exact) mass is 252 g/mol. The first kappa shape index (κ1) is 13.3. The highest BCUT2D eigenvalue weighted by atomic mass is 35.5. The van der Waals surface area contributed by atoms with Crippen LogP contribution in [0.25, 0.3) is 6.08 Å². The number of carbonyl (C=O) groups excluding carboxylic acids is 1. The fraction of sp³-hybridized carbons (Fsp3) is 0.154. The van der Waals surface area contributed by atoms with Gasteiger partial charge in [-0.1, -0.05) is 29.8 Å². The first-order chi connectivity index (χ1) is 8.17. The predicted molar refractivity (Wildman–Crippen MR) is 67.6 cm³/mol. The maximum Gasteiger partial charge on any atom is 0.334 e. The minimum atomic E-state index is -0.467. The van der Waals surface area contributed by atoms with Crippen molar-refractivity contribution in [3.63, 3.8) is 0 Å². The molecule has 4 heteroatoms. The molecule has 0 unspecified atom stereocenters. The zero-order valence-electron chi connectivity index (χ0n) is 9.64. The van der Waals surface area contributed by atoms with Crippen molar-refractivity contribution in [2.24, 2.45) is 0 Å². The Morgan fingerprint density at radius 3 is 2.53 bits per heavy atom. The van der Waals surface area contributed by atoms with Gasteiger partial charge in [-0.3, -0.25) is 0 Å². The Hall–Kier alpha value is -1.74. The minimum absolute atomic E-state index is 0.400. The van der Waals surface area contributed by atoms with Gasteiger partial charge < -0.3 is 9.47 Å². The van der Waals surface area contributed by atoms with Gasteiger partial charge in [-0.05, 0) is 23.8 Å². The van der Waals surface area contributed by atoms with Gasteiger partial charge in [0.05, 0.1) is 20.3 Å². The molecule has 0 saturated carbocycles. The zero-order chi connectivity index (χ0) is 12.7. The van der Waals surface area contributed by atoms with Crippen molar-refractivity contribution in [2.45, 2.75) is 0 Å². The topological polar surface area (TPSA) is 35.5 Å². The number of rotatable bonds is 4. The van der Waals surface area contributed by atoms with E-state index in [1.165, 1.54) is 20.3 Å². The molecule has 0 spiro atoms. The average molecular weight is 253 g/mol. The number of allylic oxidation sites excluding steroid dienone is 1. The van der Waals surface area contributed by atoms with Crippen molar-refractivity contribution in [1.29, 1.82) is 0 Å². The van der Waals surface area contributed by atoms with Crippen molar-refractivity contribution in [2.75, 3.05) is 14.2 Å². The number of benzene rings is 1. The number of methoxy groups -OCH3 is 2. The van der Waals surface area contributed by atoms with Gasteiger partial charge in [0, 0.05) is 5.02 Å². The zero-order valence-corrected chi connectivity index (χ0v) is 10.4. The summed E-state index contributed by atoms with van der Waals surface area (Å²) in [5, 5.41) is 0.636. The van der Waals surface area contributed by atoms with E-state index < -0.39 is 5.97 Å². The van der Waals surface area contributed by atoms with E-state index in [1.807, 2.05) is 18.2 Å². The van der Waals surface area contributed by atoms with E-state index in [-0.39, 0.29) is 0 Å². The Morgan fingerprint density at radius 2 is 1.94 bits per heavy atom. The number of ether oxygens (including phenoxy) is 2. The second-order valence-corrected chi connectivity index (χ2v) is 3.54. The van der Waals surface area contributed by atoms with E-state index >= 15 is 0 Å². The van der Waals surface area contributed by atoms with E-state index in [2.05, 4.69) is 4.74 Å². The molecule has 0 atom stereocenters. The quantitative estimate of drug-likeness (QED) is 0.358. The molecule has 1 rings (SSSR count). The Bertz CT molecular complexity index is 450. The standard InChI is InChI=1S/C13H13ClO3/c1-16-11(9-13(15)17-2)8-7-10-5-3-4-6-12(10)14/h3-9H,1-2H3. The largest absolute Gasteiger partial charge is 0.496 e. The second kappa shape index (κ2) is 6.76. The molecule has 1 aromatic carbocycles. The van der Waals surface area contributed by atoms with E-state index in [0.29, 0.717) is 10.8 Å². The highest BCUT2D eigenvalue weighted by Gasteiger charge is 1.99. The second-order valence-electron chi connectivity index (χ2n) is 3.13. The lowest BCUT2D eigenvalue weighted by molar-refractivity contribution is -0.135. The number of halogens is 1. The van der Waals surface area contributed by atoms with Crippen molar-refractivity contribution in [3.05, 3.63) is 52.8 Å². The van der Waals surface area contributed by atoms with Gasteiger partial charge in [-0.15, -0.1) is 0 Å². The molecule has 0 aliphatic heterocycles. The van der Waals surface area contributed by atoms with Crippen LogP contribution >= 0.6 is 11.6 Å². The van der Waals surface area contributed by atoms with Crippen LogP contribution in [0.3, 0.4) is 0 Å². The maximum absolute atomic E-state index is 11.0. The summed E-state index contributed by atoms with van der Waals surface area (Å²) in [7, 11) is 2.79. The van der Waals surface area contributed by atoms with Crippen LogP contribution in [0.5, 0.6) is 0 Å². The smallest absolute Gasteiger partial charge is 0.334 e. The lowest BCUT2D eigenvalue weighted by atomic mass is 10.2. The van der Waals surface area contributed by atoms with E-state index in [1.54, 1.807) is 18.2 Å². The van der Waals surface area contributed by atoms with Gasteiger partial charge in [-0.25, -0.2) is 4.79 Å². The van der Waals surface area contributed by atoms with Gasteiger partial charge in [-0.2, -0.15) is 0 Å². The Balaban J connectivity index is 2.85. The summed E-state index contributed by atoms with van der Waals surface area (Å²) in [6.45, 7) is 0. The van der Waals surface area contributed by atoms with Crippen molar-refractivity contribution < 1.29 is 14.3 Å². The first-order valence-corrected chi connectivity index (χ1v) is 5.31. The lowest BCUT2D eigenvalue weighted by Crippen LogP contribution is -1.97. The SMILES string of the molecule is COC(=O)C=C(C=Cc1ccccc1Cl)OC. The summed E-state index contributed by atoms with van der Waals surface area (Å²) < 4.78 is 9.52. The van der Waals surface area contributed by atoms with Crippen LogP contribution in [0.2, 0.25) is 5.02 Å². The van der Waals surface area contributed by atoms with Gasteiger partial charge in [0.2, 0.25) is 0 Å². The third kappa shape index (κ3) is 4.33. The fourth-order valence-corrected chi connectivity index (χ4v) is 1.33. The molecule has 0 aliphatic rings. The third-order valence-corrected chi connectivity index (χ3v) is 2.37. The van der Waals surface area contributed by atoms with Crippen molar-refractivity contribution >= 4 is 23.6 Å². The molecular formula is C13H13ClO3. The number of esters is 1. The molecule has 1 aromatic rings. The Kier molecular flexibility index (Phi) is 5.30. The molecular weight excluding hydrogens is 240 g/mol.